The zero-order valence-electron chi connectivity index (χ0n) is 26.1. The molecule has 0 atom stereocenters. The van der Waals surface area contributed by atoms with Crippen LogP contribution in [0.1, 0.15) is 0 Å². The second-order valence-electron chi connectivity index (χ2n) is 12.1. The van der Waals surface area contributed by atoms with E-state index in [0.29, 0.717) is 5.82 Å². The van der Waals surface area contributed by atoms with Crippen LogP contribution in [0.3, 0.4) is 0 Å². The summed E-state index contributed by atoms with van der Waals surface area (Å²) in [5.74, 6) is 0.693. The normalized spacial score (nSPS) is 11.3. The standard InChI is InChI=1S/C45H29N3/c1-2-11-31(12-3-1)42-28-43(36-15-8-14-34(26-36)37-16-9-25-46-29-37)48-45(47-42)33-21-19-32(20-22-33)44-39-18-7-5-13-35(39)27-41-38-17-6-4-10-30(38)23-24-40(41)44/h1-29H. The summed E-state index contributed by atoms with van der Waals surface area (Å²) in [5.41, 5.74) is 9.39. The number of nitrogens with zero attached hydrogens (tertiary/aromatic N) is 3. The minimum atomic E-state index is 0.693. The topological polar surface area (TPSA) is 38.7 Å². The molecule has 224 valence electrons. The van der Waals surface area contributed by atoms with Crippen molar-refractivity contribution >= 4 is 32.3 Å². The number of hydrogen-bond acceptors (Lipinski definition) is 3. The minimum absolute atomic E-state index is 0.693. The summed E-state index contributed by atoms with van der Waals surface area (Å²) in [6.07, 6.45) is 3.69. The molecule has 0 spiro atoms. The van der Waals surface area contributed by atoms with Crippen LogP contribution in [-0.2, 0) is 0 Å². The van der Waals surface area contributed by atoms with Crippen molar-refractivity contribution in [2.24, 2.45) is 0 Å². The second kappa shape index (κ2) is 11.7. The number of hydrogen-bond donors (Lipinski definition) is 0. The highest BCUT2D eigenvalue weighted by atomic mass is 14.9. The zero-order valence-corrected chi connectivity index (χ0v) is 26.1. The third-order valence-corrected chi connectivity index (χ3v) is 9.15. The van der Waals surface area contributed by atoms with Crippen molar-refractivity contribution in [1.82, 2.24) is 15.0 Å². The van der Waals surface area contributed by atoms with E-state index in [1.807, 2.05) is 30.5 Å². The Morgan fingerprint density at radius 3 is 1.81 bits per heavy atom. The van der Waals surface area contributed by atoms with Gasteiger partial charge in [-0.15, -0.1) is 0 Å². The van der Waals surface area contributed by atoms with E-state index in [2.05, 4.69) is 145 Å². The molecule has 0 saturated heterocycles. The van der Waals surface area contributed by atoms with Gasteiger partial charge in [-0.2, -0.15) is 0 Å². The van der Waals surface area contributed by atoms with E-state index in [0.717, 1.165) is 39.2 Å². The predicted octanol–water partition coefficient (Wildman–Crippen LogP) is 11.7. The maximum absolute atomic E-state index is 5.14. The molecule has 9 aromatic rings. The van der Waals surface area contributed by atoms with Crippen LogP contribution in [0.4, 0.5) is 0 Å². The summed E-state index contributed by atoms with van der Waals surface area (Å²) in [7, 11) is 0. The molecule has 0 radical (unpaired) electrons. The van der Waals surface area contributed by atoms with Crippen LogP contribution in [-0.4, -0.2) is 15.0 Å². The van der Waals surface area contributed by atoms with Crippen LogP contribution in [0.5, 0.6) is 0 Å². The summed E-state index contributed by atoms with van der Waals surface area (Å²) in [6.45, 7) is 0. The fraction of sp³-hybridized carbons (Fsp3) is 0. The summed E-state index contributed by atoms with van der Waals surface area (Å²) < 4.78 is 0. The Kier molecular flexibility index (Phi) is 6.80. The van der Waals surface area contributed by atoms with Gasteiger partial charge in [0.15, 0.2) is 5.82 Å². The van der Waals surface area contributed by atoms with Crippen LogP contribution < -0.4 is 0 Å². The van der Waals surface area contributed by atoms with Crippen molar-refractivity contribution in [2.45, 2.75) is 0 Å². The Bertz CT molecular complexity index is 2590. The Morgan fingerprint density at radius 2 is 1.00 bits per heavy atom. The molecule has 0 bridgehead atoms. The van der Waals surface area contributed by atoms with Gasteiger partial charge in [-0.25, -0.2) is 9.97 Å². The highest BCUT2D eigenvalue weighted by Gasteiger charge is 2.15. The summed E-state index contributed by atoms with van der Waals surface area (Å²) in [4.78, 5) is 14.6. The van der Waals surface area contributed by atoms with Gasteiger partial charge in [-0.3, -0.25) is 4.98 Å². The van der Waals surface area contributed by atoms with E-state index < -0.39 is 0 Å². The van der Waals surface area contributed by atoms with E-state index >= 15 is 0 Å². The van der Waals surface area contributed by atoms with Crippen LogP contribution in [0, 0.1) is 0 Å². The average Bonchev–Trinajstić information content (AvgIpc) is 3.17. The number of fused-ring (bicyclic) bond motifs is 4. The molecule has 0 amide bonds. The first-order valence-electron chi connectivity index (χ1n) is 16.2. The fourth-order valence-electron chi connectivity index (χ4n) is 6.79. The molecular weight excluding hydrogens is 583 g/mol. The first-order chi connectivity index (χ1) is 23.8. The zero-order chi connectivity index (χ0) is 31.9. The van der Waals surface area contributed by atoms with Crippen LogP contribution in [0.15, 0.2) is 176 Å². The third kappa shape index (κ3) is 4.99. The van der Waals surface area contributed by atoms with Crippen LogP contribution in [0.2, 0.25) is 0 Å². The molecule has 3 nitrogen and oxygen atoms in total. The first kappa shape index (κ1) is 27.8. The quantitative estimate of drug-likeness (QED) is 0.144. The van der Waals surface area contributed by atoms with E-state index in [-0.39, 0.29) is 0 Å². The molecule has 0 aliphatic rings. The van der Waals surface area contributed by atoms with E-state index in [1.165, 1.54) is 43.4 Å². The molecule has 0 aliphatic heterocycles. The average molecular weight is 612 g/mol. The van der Waals surface area contributed by atoms with Gasteiger partial charge in [0.05, 0.1) is 11.4 Å². The van der Waals surface area contributed by atoms with Gasteiger partial charge < -0.3 is 0 Å². The molecule has 48 heavy (non-hydrogen) atoms. The SMILES string of the molecule is c1ccc(-c2cc(-c3cccc(-c4cccnc4)c3)nc(-c3ccc(-c4c5ccccc5cc5c4ccc4ccccc45)cc3)n2)cc1. The van der Waals surface area contributed by atoms with Crippen molar-refractivity contribution in [3.05, 3.63) is 176 Å². The van der Waals surface area contributed by atoms with Gasteiger partial charge in [0.1, 0.15) is 0 Å². The molecule has 3 heteroatoms. The van der Waals surface area contributed by atoms with Gasteiger partial charge in [0.25, 0.3) is 0 Å². The number of aromatic nitrogens is 3. The smallest absolute Gasteiger partial charge is 0.160 e. The minimum Gasteiger partial charge on any atom is -0.264 e. The Morgan fingerprint density at radius 1 is 0.333 bits per heavy atom. The number of pyridine rings is 1. The lowest BCUT2D eigenvalue weighted by Crippen LogP contribution is -1.96. The van der Waals surface area contributed by atoms with Gasteiger partial charge in [0, 0.05) is 34.6 Å². The molecular formula is C45H29N3. The fourth-order valence-corrected chi connectivity index (χ4v) is 6.79. The Hall–Kier alpha value is -6.45. The molecule has 0 N–H and O–H groups in total. The molecule has 2 aromatic heterocycles. The molecule has 7 aromatic carbocycles. The summed E-state index contributed by atoms with van der Waals surface area (Å²) in [5, 5.41) is 7.51. The predicted molar refractivity (Wildman–Crippen MR) is 200 cm³/mol. The van der Waals surface area contributed by atoms with E-state index in [4.69, 9.17) is 9.97 Å². The number of rotatable bonds is 5. The molecule has 0 saturated carbocycles. The molecule has 9 rings (SSSR count). The van der Waals surface area contributed by atoms with Crippen molar-refractivity contribution in [3.8, 4) is 56.2 Å². The molecule has 0 aliphatic carbocycles. The first-order valence-corrected chi connectivity index (χ1v) is 16.2. The van der Waals surface area contributed by atoms with Crippen molar-refractivity contribution in [1.29, 1.82) is 0 Å². The lowest BCUT2D eigenvalue weighted by molar-refractivity contribution is 1.18. The Balaban J connectivity index is 1.19. The lowest BCUT2D eigenvalue weighted by Gasteiger charge is -2.15. The van der Waals surface area contributed by atoms with Gasteiger partial charge in [0.2, 0.25) is 0 Å². The molecule has 2 heterocycles. The number of benzene rings is 7. The van der Waals surface area contributed by atoms with Gasteiger partial charge in [-0.05, 0) is 73.3 Å². The summed E-state index contributed by atoms with van der Waals surface area (Å²) >= 11 is 0. The highest BCUT2D eigenvalue weighted by Crippen LogP contribution is 2.40. The second-order valence-corrected chi connectivity index (χ2v) is 12.1. The lowest BCUT2D eigenvalue weighted by atomic mass is 9.89. The van der Waals surface area contributed by atoms with Crippen LogP contribution >= 0.6 is 0 Å². The molecule has 0 unspecified atom stereocenters. The van der Waals surface area contributed by atoms with Crippen molar-refractivity contribution in [3.63, 3.8) is 0 Å². The Labute approximate surface area is 278 Å². The van der Waals surface area contributed by atoms with Gasteiger partial charge >= 0.3 is 0 Å². The largest absolute Gasteiger partial charge is 0.264 e. The molecule has 0 fully saturated rings. The maximum atomic E-state index is 5.14. The van der Waals surface area contributed by atoms with Crippen molar-refractivity contribution in [2.75, 3.05) is 0 Å². The highest BCUT2D eigenvalue weighted by molar-refractivity contribution is 6.20. The van der Waals surface area contributed by atoms with E-state index in [9.17, 15) is 0 Å². The summed E-state index contributed by atoms with van der Waals surface area (Å²) in [6, 6.07) is 57.8. The van der Waals surface area contributed by atoms with Gasteiger partial charge in [-0.1, -0.05) is 140 Å². The van der Waals surface area contributed by atoms with E-state index in [1.54, 1.807) is 6.20 Å². The third-order valence-electron chi connectivity index (χ3n) is 9.15. The monoisotopic (exact) mass is 611 g/mol. The van der Waals surface area contributed by atoms with Crippen LogP contribution in [0.25, 0.3) is 88.5 Å². The maximum Gasteiger partial charge on any atom is 0.160 e. The van der Waals surface area contributed by atoms with Crippen molar-refractivity contribution < 1.29 is 0 Å².